The van der Waals surface area contributed by atoms with Crippen molar-refractivity contribution in [3.8, 4) is 5.88 Å². The highest BCUT2D eigenvalue weighted by Crippen LogP contribution is 2.16. The SMILES string of the molecule is COc1ccc(NS(=O)(=O)c2cnc(N)nc2)cn1. The summed E-state index contributed by atoms with van der Waals surface area (Å²) in [5, 5.41) is 0. The average molecular weight is 281 g/mol. The van der Waals surface area contributed by atoms with Crippen LogP contribution in [-0.2, 0) is 10.0 Å². The molecule has 3 N–H and O–H groups in total. The Morgan fingerprint density at radius 2 is 1.84 bits per heavy atom. The van der Waals surface area contributed by atoms with Crippen molar-refractivity contribution < 1.29 is 13.2 Å². The second-order valence-corrected chi connectivity index (χ2v) is 5.15. The lowest BCUT2D eigenvalue weighted by Gasteiger charge is -2.07. The van der Waals surface area contributed by atoms with Gasteiger partial charge in [0.05, 0.1) is 31.4 Å². The van der Waals surface area contributed by atoms with Gasteiger partial charge in [-0.1, -0.05) is 0 Å². The van der Waals surface area contributed by atoms with Gasteiger partial charge >= 0.3 is 0 Å². The zero-order chi connectivity index (χ0) is 13.9. The molecule has 19 heavy (non-hydrogen) atoms. The highest BCUT2D eigenvalue weighted by molar-refractivity contribution is 7.92. The largest absolute Gasteiger partial charge is 0.481 e. The topological polar surface area (TPSA) is 120 Å². The molecule has 0 spiro atoms. The van der Waals surface area contributed by atoms with E-state index in [9.17, 15) is 8.42 Å². The molecule has 2 aromatic rings. The molecule has 0 atom stereocenters. The number of pyridine rings is 1. The van der Waals surface area contributed by atoms with Gasteiger partial charge in [-0.25, -0.2) is 23.4 Å². The monoisotopic (exact) mass is 281 g/mol. The first-order valence-corrected chi connectivity index (χ1v) is 6.60. The van der Waals surface area contributed by atoms with E-state index in [1.807, 2.05) is 0 Å². The second kappa shape index (κ2) is 5.06. The Balaban J connectivity index is 2.23. The maximum absolute atomic E-state index is 12.0. The molecular formula is C10H11N5O3S. The summed E-state index contributed by atoms with van der Waals surface area (Å²) in [5.74, 6) is 0.392. The molecule has 0 bridgehead atoms. The first kappa shape index (κ1) is 13.0. The molecule has 0 radical (unpaired) electrons. The maximum Gasteiger partial charge on any atom is 0.265 e. The molecule has 0 aliphatic heterocycles. The first-order chi connectivity index (χ1) is 9.01. The van der Waals surface area contributed by atoms with Gasteiger partial charge in [-0.15, -0.1) is 0 Å². The van der Waals surface area contributed by atoms with Crippen LogP contribution in [0.3, 0.4) is 0 Å². The van der Waals surface area contributed by atoms with Crippen molar-refractivity contribution in [2.45, 2.75) is 4.90 Å². The van der Waals surface area contributed by atoms with Crippen LogP contribution in [0.2, 0.25) is 0 Å². The number of hydrogen-bond acceptors (Lipinski definition) is 7. The van der Waals surface area contributed by atoms with Crippen molar-refractivity contribution >= 4 is 21.7 Å². The summed E-state index contributed by atoms with van der Waals surface area (Å²) in [6.07, 6.45) is 3.60. The minimum absolute atomic E-state index is 0.00469. The number of nitrogens with zero attached hydrogens (tertiary/aromatic N) is 3. The number of nitrogens with one attached hydrogen (secondary N) is 1. The number of methoxy groups -OCH3 is 1. The molecule has 0 aliphatic rings. The summed E-state index contributed by atoms with van der Waals surface area (Å²) >= 11 is 0. The van der Waals surface area contributed by atoms with Gasteiger partial charge in [0.25, 0.3) is 10.0 Å². The van der Waals surface area contributed by atoms with Gasteiger partial charge in [-0.3, -0.25) is 4.72 Å². The lowest BCUT2D eigenvalue weighted by atomic mass is 10.4. The molecule has 0 saturated heterocycles. The smallest absolute Gasteiger partial charge is 0.265 e. The second-order valence-electron chi connectivity index (χ2n) is 3.47. The van der Waals surface area contributed by atoms with Crippen LogP contribution in [0.15, 0.2) is 35.6 Å². The summed E-state index contributed by atoms with van der Waals surface area (Å²) < 4.78 is 31.2. The van der Waals surface area contributed by atoms with Crippen LogP contribution < -0.4 is 15.2 Å². The van der Waals surface area contributed by atoms with Crippen LogP contribution in [0.4, 0.5) is 11.6 Å². The minimum Gasteiger partial charge on any atom is -0.481 e. The summed E-state index contributed by atoms with van der Waals surface area (Å²) in [7, 11) is -2.29. The van der Waals surface area contributed by atoms with Gasteiger partial charge in [0, 0.05) is 6.07 Å². The fraction of sp³-hybridized carbons (Fsp3) is 0.100. The molecule has 0 aromatic carbocycles. The molecule has 0 saturated carbocycles. The molecule has 2 heterocycles. The zero-order valence-corrected chi connectivity index (χ0v) is 10.8. The Bertz CT molecular complexity index is 655. The van der Waals surface area contributed by atoms with Gasteiger partial charge in [-0.05, 0) is 6.07 Å². The lowest BCUT2D eigenvalue weighted by Crippen LogP contribution is -2.14. The van der Waals surface area contributed by atoms with Gasteiger partial charge in [0.2, 0.25) is 11.8 Å². The van der Waals surface area contributed by atoms with Crippen LogP contribution in [0.25, 0.3) is 0 Å². The predicted octanol–water partition coefficient (Wildman–Crippen LogP) is 0.263. The van der Waals surface area contributed by atoms with Crippen molar-refractivity contribution in [1.29, 1.82) is 0 Å². The molecule has 9 heteroatoms. The van der Waals surface area contributed by atoms with E-state index in [0.717, 1.165) is 12.4 Å². The number of anilines is 2. The lowest BCUT2D eigenvalue weighted by molar-refractivity contribution is 0.398. The summed E-state index contributed by atoms with van der Waals surface area (Å²) in [4.78, 5) is 11.1. The Morgan fingerprint density at radius 3 is 2.37 bits per heavy atom. The van der Waals surface area contributed by atoms with Crippen LogP contribution in [0.1, 0.15) is 0 Å². The minimum atomic E-state index is -3.76. The van der Waals surface area contributed by atoms with Crippen LogP contribution in [0, 0.1) is 0 Å². The summed E-state index contributed by atoms with van der Waals surface area (Å²) in [6, 6.07) is 3.07. The molecule has 0 aliphatic carbocycles. The highest BCUT2D eigenvalue weighted by atomic mass is 32.2. The molecule has 0 unspecified atom stereocenters. The van der Waals surface area contributed by atoms with Crippen LogP contribution in [0.5, 0.6) is 5.88 Å². The van der Waals surface area contributed by atoms with E-state index >= 15 is 0 Å². The molecular weight excluding hydrogens is 270 g/mol. The van der Waals surface area contributed by atoms with Crippen LogP contribution in [-0.4, -0.2) is 30.5 Å². The molecule has 2 aromatic heterocycles. The summed E-state index contributed by atoms with van der Waals surface area (Å²) in [5.41, 5.74) is 5.60. The number of aromatic nitrogens is 3. The number of nitrogens with two attached hydrogens (primary N) is 1. The quantitative estimate of drug-likeness (QED) is 0.824. The standard InChI is InChI=1S/C10H11N5O3S/c1-18-9-3-2-7(4-12-9)15-19(16,17)8-5-13-10(11)14-6-8/h2-6,15H,1H3,(H2,11,13,14). The third-order valence-electron chi connectivity index (χ3n) is 2.16. The molecule has 0 amide bonds. The molecule has 8 nitrogen and oxygen atoms in total. The third-order valence-corrected chi connectivity index (χ3v) is 3.49. The van der Waals surface area contributed by atoms with Crippen molar-refractivity contribution in [1.82, 2.24) is 15.0 Å². The fourth-order valence-corrected chi connectivity index (χ4v) is 2.17. The van der Waals surface area contributed by atoms with E-state index in [4.69, 9.17) is 10.5 Å². The maximum atomic E-state index is 12.0. The average Bonchev–Trinajstić information content (AvgIpc) is 2.40. The van der Waals surface area contributed by atoms with Gasteiger partial charge in [0.1, 0.15) is 4.90 Å². The number of rotatable bonds is 4. The Morgan fingerprint density at radius 1 is 1.16 bits per heavy atom. The van der Waals surface area contributed by atoms with Crippen LogP contribution >= 0.6 is 0 Å². The van der Waals surface area contributed by atoms with E-state index in [0.29, 0.717) is 11.6 Å². The van der Waals surface area contributed by atoms with Gasteiger partial charge in [-0.2, -0.15) is 0 Å². The highest BCUT2D eigenvalue weighted by Gasteiger charge is 2.15. The third kappa shape index (κ3) is 3.07. The van der Waals surface area contributed by atoms with E-state index in [1.54, 1.807) is 0 Å². The Hall–Kier alpha value is -2.42. The van der Waals surface area contributed by atoms with Crippen molar-refractivity contribution in [3.05, 3.63) is 30.7 Å². The van der Waals surface area contributed by atoms with E-state index in [2.05, 4.69) is 19.7 Å². The zero-order valence-electron chi connectivity index (χ0n) is 9.94. The van der Waals surface area contributed by atoms with Gasteiger partial charge < -0.3 is 10.5 Å². The van der Waals surface area contributed by atoms with E-state index < -0.39 is 10.0 Å². The fourth-order valence-electron chi connectivity index (χ4n) is 1.24. The van der Waals surface area contributed by atoms with Gasteiger partial charge in [0.15, 0.2) is 0 Å². The molecule has 2 rings (SSSR count). The van der Waals surface area contributed by atoms with Crippen molar-refractivity contribution in [3.63, 3.8) is 0 Å². The molecule has 0 fully saturated rings. The number of sulfonamides is 1. The summed E-state index contributed by atoms with van der Waals surface area (Å²) in [6.45, 7) is 0. The first-order valence-electron chi connectivity index (χ1n) is 5.11. The van der Waals surface area contributed by atoms with Crippen molar-refractivity contribution in [2.75, 3.05) is 17.6 Å². The van der Waals surface area contributed by atoms with E-state index in [-0.39, 0.29) is 10.8 Å². The predicted molar refractivity (Wildman–Crippen MR) is 68.0 cm³/mol. The Kier molecular flexibility index (Phi) is 3.47. The molecule has 100 valence electrons. The van der Waals surface area contributed by atoms with Crippen molar-refractivity contribution in [2.24, 2.45) is 0 Å². The number of nitrogen functional groups attached to an aromatic ring is 1. The Labute approximate surface area is 109 Å². The number of hydrogen-bond donors (Lipinski definition) is 2. The normalized spacial score (nSPS) is 11.0. The number of ether oxygens (including phenoxy) is 1. The van der Waals surface area contributed by atoms with E-state index in [1.165, 1.54) is 25.4 Å².